The van der Waals surface area contributed by atoms with E-state index in [0.29, 0.717) is 19.0 Å². The lowest BCUT2D eigenvalue weighted by molar-refractivity contribution is 0.181. The molecule has 1 aromatic rings. The Balaban J connectivity index is 2.64. The number of rotatable bonds is 7. The molecule has 0 aromatic carbocycles. The molecular weight excluding hydrogens is 232 g/mol. The number of aromatic nitrogens is 2. The molecule has 18 heavy (non-hydrogen) atoms. The average molecular weight is 254 g/mol. The highest BCUT2D eigenvalue weighted by atomic mass is 16.5. The van der Waals surface area contributed by atoms with Crippen LogP contribution in [0.5, 0.6) is 5.88 Å². The monoisotopic (exact) mass is 254 g/mol. The van der Waals surface area contributed by atoms with Crippen LogP contribution in [0.15, 0.2) is 12.4 Å². The Morgan fingerprint density at radius 3 is 2.72 bits per heavy atom. The van der Waals surface area contributed by atoms with E-state index in [-0.39, 0.29) is 12.1 Å². The number of nitrogens with zero attached hydrogens (tertiary/aromatic N) is 3. The summed E-state index contributed by atoms with van der Waals surface area (Å²) in [4.78, 5) is 10.2. The van der Waals surface area contributed by atoms with E-state index in [0.717, 1.165) is 5.82 Å². The number of hydrogen-bond donors (Lipinski definition) is 1. The lowest BCUT2D eigenvalue weighted by atomic mass is 10.3. The Kier molecular flexibility index (Phi) is 5.80. The topological polar surface area (TPSA) is 73.5 Å². The van der Waals surface area contributed by atoms with Gasteiger partial charge in [0.2, 0.25) is 5.88 Å². The van der Waals surface area contributed by atoms with Gasteiger partial charge in [-0.2, -0.15) is 0 Å². The molecule has 0 aliphatic rings. The second-order valence-electron chi connectivity index (χ2n) is 4.48. The molecule has 1 heterocycles. The van der Waals surface area contributed by atoms with Gasteiger partial charge in [-0.15, -0.1) is 0 Å². The largest absolute Gasteiger partial charge is 0.475 e. The maximum atomic E-state index is 5.90. The number of methoxy groups -OCH3 is 1. The SMILES string of the molecule is COCC(N)CN(C)c1cc(OC(C)C)ncn1. The summed E-state index contributed by atoms with van der Waals surface area (Å²) in [5, 5.41) is 0. The van der Waals surface area contributed by atoms with Crippen molar-refractivity contribution in [3.05, 3.63) is 12.4 Å². The van der Waals surface area contributed by atoms with Crippen molar-refractivity contribution in [2.45, 2.75) is 26.0 Å². The van der Waals surface area contributed by atoms with Gasteiger partial charge < -0.3 is 20.1 Å². The lowest BCUT2D eigenvalue weighted by Crippen LogP contribution is -2.38. The first-order valence-corrected chi connectivity index (χ1v) is 5.97. The molecule has 0 spiro atoms. The molecule has 0 amide bonds. The number of anilines is 1. The third-order valence-electron chi connectivity index (χ3n) is 2.26. The van der Waals surface area contributed by atoms with E-state index < -0.39 is 0 Å². The molecule has 0 aliphatic heterocycles. The summed E-state index contributed by atoms with van der Waals surface area (Å²) in [5.74, 6) is 1.36. The number of hydrogen-bond acceptors (Lipinski definition) is 6. The molecule has 0 saturated carbocycles. The van der Waals surface area contributed by atoms with Crippen LogP contribution in [0.1, 0.15) is 13.8 Å². The Hall–Kier alpha value is -1.40. The quantitative estimate of drug-likeness (QED) is 0.771. The fraction of sp³-hybridized carbons (Fsp3) is 0.667. The van der Waals surface area contributed by atoms with Crippen molar-refractivity contribution in [3.63, 3.8) is 0 Å². The molecule has 6 heteroatoms. The lowest BCUT2D eigenvalue weighted by Gasteiger charge is -2.22. The van der Waals surface area contributed by atoms with Crippen molar-refractivity contribution in [2.24, 2.45) is 5.73 Å². The van der Waals surface area contributed by atoms with E-state index in [9.17, 15) is 0 Å². The zero-order valence-corrected chi connectivity index (χ0v) is 11.5. The summed E-state index contributed by atoms with van der Waals surface area (Å²) in [6.45, 7) is 5.09. The van der Waals surface area contributed by atoms with Gasteiger partial charge in [0.1, 0.15) is 12.1 Å². The van der Waals surface area contributed by atoms with Crippen molar-refractivity contribution < 1.29 is 9.47 Å². The number of nitrogens with two attached hydrogens (primary N) is 1. The van der Waals surface area contributed by atoms with Crippen LogP contribution in [0.4, 0.5) is 5.82 Å². The van der Waals surface area contributed by atoms with E-state index in [1.54, 1.807) is 13.2 Å². The zero-order valence-electron chi connectivity index (χ0n) is 11.5. The first-order valence-electron chi connectivity index (χ1n) is 5.97. The van der Waals surface area contributed by atoms with E-state index >= 15 is 0 Å². The Morgan fingerprint density at radius 2 is 2.11 bits per heavy atom. The molecule has 1 rings (SSSR count). The summed E-state index contributed by atoms with van der Waals surface area (Å²) in [5.41, 5.74) is 5.90. The first-order chi connectivity index (χ1) is 8.52. The van der Waals surface area contributed by atoms with Gasteiger partial charge in [0.05, 0.1) is 12.7 Å². The van der Waals surface area contributed by atoms with E-state index in [1.165, 1.54) is 6.33 Å². The van der Waals surface area contributed by atoms with Gasteiger partial charge in [0.15, 0.2) is 0 Å². The van der Waals surface area contributed by atoms with Crippen LogP contribution in [-0.2, 0) is 4.74 Å². The predicted molar refractivity (Wildman–Crippen MR) is 70.9 cm³/mol. The minimum absolute atomic E-state index is 0.0515. The molecule has 1 aromatic heterocycles. The molecule has 0 aliphatic carbocycles. The summed E-state index contributed by atoms with van der Waals surface area (Å²) in [6.07, 6.45) is 1.58. The van der Waals surface area contributed by atoms with Crippen LogP contribution in [0.3, 0.4) is 0 Å². The summed E-state index contributed by atoms with van der Waals surface area (Å²) in [7, 11) is 3.57. The van der Waals surface area contributed by atoms with Crippen molar-refractivity contribution in [1.82, 2.24) is 9.97 Å². The molecule has 0 saturated heterocycles. The van der Waals surface area contributed by atoms with Gasteiger partial charge in [-0.3, -0.25) is 0 Å². The van der Waals surface area contributed by atoms with Gasteiger partial charge in [0.25, 0.3) is 0 Å². The van der Waals surface area contributed by atoms with Crippen molar-refractivity contribution >= 4 is 5.82 Å². The smallest absolute Gasteiger partial charge is 0.218 e. The number of likely N-dealkylation sites (N-methyl/N-ethyl adjacent to an activating group) is 1. The van der Waals surface area contributed by atoms with Crippen LogP contribution < -0.4 is 15.4 Å². The highest BCUT2D eigenvalue weighted by molar-refractivity contribution is 5.40. The Bertz CT molecular complexity index is 360. The predicted octanol–water partition coefficient (Wildman–Crippen LogP) is 0.674. The molecule has 6 nitrogen and oxygen atoms in total. The Morgan fingerprint density at radius 1 is 1.39 bits per heavy atom. The van der Waals surface area contributed by atoms with Crippen LogP contribution in [0.2, 0.25) is 0 Å². The third kappa shape index (κ3) is 4.85. The summed E-state index contributed by atoms with van der Waals surface area (Å²) in [6, 6.07) is 1.75. The minimum atomic E-state index is -0.0515. The second-order valence-corrected chi connectivity index (χ2v) is 4.48. The minimum Gasteiger partial charge on any atom is -0.475 e. The fourth-order valence-electron chi connectivity index (χ4n) is 1.56. The van der Waals surface area contributed by atoms with E-state index in [4.69, 9.17) is 15.2 Å². The molecule has 0 bridgehead atoms. The summed E-state index contributed by atoms with van der Waals surface area (Å²) < 4.78 is 10.5. The van der Waals surface area contributed by atoms with E-state index in [2.05, 4.69) is 9.97 Å². The number of ether oxygens (including phenoxy) is 2. The zero-order chi connectivity index (χ0) is 13.5. The molecule has 0 fully saturated rings. The molecule has 2 N–H and O–H groups in total. The van der Waals surface area contributed by atoms with Gasteiger partial charge in [0, 0.05) is 32.8 Å². The van der Waals surface area contributed by atoms with Gasteiger partial charge in [-0.1, -0.05) is 0 Å². The molecular formula is C12H22N4O2. The van der Waals surface area contributed by atoms with Gasteiger partial charge in [-0.25, -0.2) is 9.97 Å². The van der Waals surface area contributed by atoms with E-state index in [1.807, 2.05) is 25.8 Å². The second kappa shape index (κ2) is 7.13. The highest BCUT2D eigenvalue weighted by Gasteiger charge is 2.10. The van der Waals surface area contributed by atoms with Gasteiger partial charge in [-0.05, 0) is 13.8 Å². The third-order valence-corrected chi connectivity index (χ3v) is 2.26. The molecule has 0 radical (unpaired) electrons. The standard InChI is InChI=1S/C12H22N4O2/c1-9(2)18-12-5-11(14-8-15-12)16(3)6-10(13)7-17-4/h5,8-10H,6-7,13H2,1-4H3. The van der Waals surface area contributed by atoms with Crippen LogP contribution in [-0.4, -0.2) is 49.4 Å². The van der Waals surface area contributed by atoms with Crippen LogP contribution in [0, 0.1) is 0 Å². The van der Waals surface area contributed by atoms with Crippen molar-refractivity contribution in [3.8, 4) is 5.88 Å². The summed E-state index contributed by atoms with van der Waals surface area (Å²) >= 11 is 0. The van der Waals surface area contributed by atoms with Crippen LogP contribution >= 0.6 is 0 Å². The highest BCUT2D eigenvalue weighted by Crippen LogP contribution is 2.15. The first kappa shape index (κ1) is 14.7. The van der Waals surface area contributed by atoms with Crippen LogP contribution in [0.25, 0.3) is 0 Å². The average Bonchev–Trinajstić information content (AvgIpc) is 2.28. The van der Waals surface area contributed by atoms with Crippen molar-refractivity contribution in [2.75, 3.05) is 32.2 Å². The fourth-order valence-corrected chi connectivity index (χ4v) is 1.56. The maximum absolute atomic E-state index is 5.90. The normalized spacial score (nSPS) is 12.6. The van der Waals surface area contributed by atoms with Gasteiger partial charge >= 0.3 is 0 Å². The molecule has 1 atom stereocenters. The molecule has 1 unspecified atom stereocenters. The van der Waals surface area contributed by atoms with Crippen molar-refractivity contribution in [1.29, 1.82) is 0 Å². The molecule has 102 valence electrons. The maximum Gasteiger partial charge on any atom is 0.218 e. The Labute approximate surface area is 108 Å².